The van der Waals surface area contributed by atoms with Gasteiger partial charge in [-0.2, -0.15) is 0 Å². The van der Waals surface area contributed by atoms with Crippen LogP contribution in [0.4, 0.5) is 0 Å². The van der Waals surface area contributed by atoms with E-state index < -0.39 is 0 Å². The highest BCUT2D eigenvalue weighted by atomic mass is 16.3. The van der Waals surface area contributed by atoms with Gasteiger partial charge in [-0.15, -0.1) is 0 Å². The number of aliphatic hydroxyl groups excluding tert-OH is 1. The molecule has 11 heavy (non-hydrogen) atoms. The zero-order valence-electron chi connectivity index (χ0n) is 7.88. The minimum Gasteiger partial charge on any atom is -0.393 e. The van der Waals surface area contributed by atoms with Crippen LogP contribution in [0.25, 0.3) is 0 Å². The lowest BCUT2D eigenvalue weighted by Crippen LogP contribution is -2.28. The zero-order chi connectivity index (χ0) is 8.43. The third-order valence-corrected chi connectivity index (χ3v) is 3.06. The highest BCUT2D eigenvalue weighted by Gasteiger charge is 2.27. The Morgan fingerprint density at radius 3 is 2.36 bits per heavy atom. The topological polar surface area (TPSA) is 20.2 Å². The maximum atomic E-state index is 9.38. The van der Waals surface area contributed by atoms with Crippen LogP contribution in [0.3, 0.4) is 0 Å². The molecule has 0 radical (unpaired) electrons. The molecule has 1 rings (SSSR count). The lowest BCUT2D eigenvalue weighted by Gasteiger charge is -2.34. The third-order valence-electron chi connectivity index (χ3n) is 3.06. The van der Waals surface area contributed by atoms with Crippen LogP contribution < -0.4 is 0 Å². The highest BCUT2D eigenvalue weighted by molar-refractivity contribution is 4.78. The van der Waals surface area contributed by atoms with Gasteiger partial charge in [-0.1, -0.05) is 20.8 Å². The van der Waals surface area contributed by atoms with E-state index in [1.807, 2.05) is 0 Å². The van der Waals surface area contributed by atoms with Gasteiger partial charge in [0.05, 0.1) is 6.10 Å². The van der Waals surface area contributed by atoms with Crippen molar-refractivity contribution >= 4 is 0 Å². The largest absolute Gasteiger partial charge is 0.393 e. The maximum Gasteiger partial charge on any atom is 0.0543 e. The summed E-state index contributed by atoms with van der Waals surface area (Å²) in [6.07, 6.45) is 3.25. The molecule has 0 aromatic carbocycles. The molecule has 0 unspecified atom stereocenters. The first-order valence-corrected chi connectivity index (χ1v) is 4.79. The Morgan fingerprint density at radius 1 is 1.27 bits per heavy atom. The quantitative estimate of drug-likeness (QED) is 0.618. The van der Waals surface area contributed by atoms with Gasteiger partial charge >= 0.3 is 0 Å². The SMILES string of the molecule is CC(C)[C@H]1CC[C@H](O)C[C@@H]1C. The van der Waals surface area contributed by atoms with E-state index in [2.05, 4.69) is 20.8 Å². The van der Waals surface area contributed by atoms with Crippen LogP contribution in [0, 0.1) is 17.8 Å². The molecule has 1 N–H and O–H groups in total. The second-order valence-electron chi connectivity index (χ2n) is 4.35. The summed E-state index contributed by atoms with van der Waals surface area (Å²) in [6, 6.07) is 0. The number of rotatable bonds is 1. The molecule has 0 spiro atoms. The second-order valence-corrected chi connectivity index (χ2v) is 4.35. The van der Waals surface area contributed by atoms with Gasteiger partial charge in [0.15, 0.2) is 0 Å². The third kappa shape index (κ3) is 2.19. The molecular formula is C10H20O. The van der Waals surface area contributed by atoms with Crippen LogP contribution >= 0.6 is 0 Å². The van der Waals surface area contributed by atoms with Crippen LogP contribution in [0.15, 0.2) is 0 Å². The second kappa shape index (κ2) is 3.57. The first-order chi connectivity index (χ1) is 5.11. The summed E-state index contributed by atoms with van der Waals surface area (Å²) in [6.45, 7) is 6.85. The van der Waals surface area contributed by atoms with Crippen molar-refractivity contribution in [1.82, 2.24) is 0 Å². The van der Waals surface area contributed by atoms with Crippen molar-refractivity contribution < 1.29 is 5.11 Å². The van der Waals surface area contributed by atoms with Crippen molar-refractivity contribution in [3.63, 3.8) is 0 Å². The molecule has 1 saturated carbocycles. The molecule has 0 aliphatic heterocycles. The molecule has 1 aliphatic rings. The van der Waals surface area contributed by atoms with Crippen molar-refractivity contribution in [2.24, 2.45) is 17.8 Å². The number of hydrogen-bond donors (Lipinski definition) is 1. The summed E-state index contributed by atoms with van der Waals surface area (Å²) >= 11 is 0. The van der Waals surface area contributed by atoms with Crippen LogP contribution in [-0.4, -0.2) is 11.2 Å². The van der Waals surface area contributed by atoms with Gasteiger partial charge in [0, 0.05) is 0 Å². The summed E-state index contributed by atoms with van der Waals surface area (Å²) in [7, 11) is 0. The van der Waals surface area contributed by atoms with Gasteiger partial charge < -0.3 is 5.11 Å². The van der Waals surface area contributed by atoms with E-state index >= 15 is 0 Å². The molecule has 1 aliphatic carbocycles. The molecule has 0 heterocycles. The fourth-order valence-corrected chi connectivity index (χ4v) is 2.38. The van der Waals surface area contributed by atoms with E-state index in [1.165, 1.54) is 6.42 Å². The number of aliphatic hydroxyl groups is 1. The Hall–Kier alpha value is -0.0400. The molecule has 0 amide bonds. The standard InChI is InChI=1S/C10H20O/c1-7(2)10-5-4-9(11)6-8(10)3/h7-11H,4-6H2,1-3H3/t8-,9-,10+/m0/s1. The van der Waals surface area contributed by atoms with Crippen molar-refractivity contribution in [2.75, 3.05) is 0 Å². The fraction of sp³-hybridized carbons (Fsp3) is 1.00. The molecule has 1 nitrogen and oxygen atoms in total. The van der Waals surface area contributed by atoms with Crippen LogP contribution in [0.1, 0.15) is 40.0 Å². The Balaban J connectivity index is 2.44. The Morgan fingerprint density at radius 2 is 1.91 bits per heavy atom. The van der Waals surface area contributed by atoms with Crippen LogP contribution in [0.2, 0.25) is 0 Å². The predicted molar refractivity (Wildman–Crippen MR) is 47.3 cm³/mol. The van der Waals surface area contributed by atoms with Gasteiger partial charge in [0.2, 0.25) is 0 Å². The van der Waals surface area contributed by atoms with Gasteiger partial charge in [-0.05, 0) is 37.0 Å². The molecular weight excluding hydrogens is 136 g/mol. The summed E-state index contributed by atoms with van der Waals surface area (Å²) in [5.41, 5.74) is 0. The molecule has 3 atom stereocenters. The van der Waals surface area contributed by atoms with E-state index in [4.69, 9.17) is 0 Å². The molecule has 1 fully saturated rings. The zero-order valence-corrected chi connectivity index (χ0v) is 7.88. The lowest BCUT2D eigenvalue weighted by molar-refractivity contribution is 0.0595. The molecule has 1 heteroatoms. The monoisotopic (exact) mass is 156 g/mol. The van der Waals surface area contributed by atoms with Gasteiger partial charge in [-0.25, -0.2) is 0 Å². The average molecular weight is 156 g/mol. The minimum atomic E-state index is -0.0139. The minimum absolute atomic E-state index is 0.0139. The molecule has 0 bridgehead atoms. The molecule has 66 valence electrons. The van der Waals surface area contributed by atoms with E-state index in [9.17, 15) is 5.11 Å². The first-order valence-electron chi connectivity index (χ1n) is 4.79. The van der Waals surface area contributed by atoms with Gasteiger partial charge in [0.1, 0.15) is 0 Å². The smallest absolute Gasteiger partial charge is 0.0543 e. The first kappa shape index (κ1) is 9.05. The molecule has 0 aromatic heterocycles. The fourth-order valence-electron chi connectivity index (χ4n) is 2.38. The summed E-state index contributed by atoms with van der Waals surface area (Å²) in [5.74, 6) is 2.36. The molecule has 0 aromatic rings. The highest BCUT2D eigenvalue weighted by Crippen LogP contribution is 2.34. The van der Waals surface area contributed by atoms with Crippen molar-refractivity contribution in [1.29, 1.82) is 0 Å². The van der Waals surface area contributed by atoms with E-state index in [0.717, 1.165) is 30.6 Å². The Labute approximate surface area is 69.8 Å². The van der Waals surface area contributed by atoms with Crippen LogP contribution in [-0.2, 0) is 0 Å². The Kier molecular flexibility index (Phi) is 2.94. The van der Waals surface area contributed by atoms with Gasteiger partial charge in [-0.3, -0.25) is 0 Å². The summed E-state index contributed by atoms with van der Waals surface area (Å²) in [5, 5.41) is 9.38. The lowest BCUT2D eigenvalue weighted by atomic mass is 9.73. The number of hydrogen-bond acceptors (Lipinski definition) is 1. The molecule has 0 saturated heterocycles. The van der Waals surface area contributed by atoms with E-state index in [0.29, 0.717) is 0 Å². The average Bonchev–Trinajstić information content (AvgIpc) is 1.85. The normalized spacial score (nSPS) is 39.5. The van der Waals surface area contributed by atoms with E-state index in [-0.39, 0.29) is 6.10 Å². The van der Waals surface area contributed by atoms with Crippen molar-refractivity contribution in [2.45, 2.75) is 46.1 Å². The van der Waals surface area contributed by atoms with Crippen LogP contribution in [0.5, 0.6) is 0 Å². The maximum absolute atomic E-state index is 9.38. The van der Waals surface area contributed by atoms with Crippen molar-refractivity contribution in [3.8, 4) is 0 Å². The predicted octanol–water partition coefficient (Wildman–Crippen LogP) is 2.44. The Bertz CT molecular complexity index is 120. The van der Waals surface area contributed by atoms with Gasteiger partial charge in [0.25, 0.3) is 0 Å². The van der Waals surface area contributed by atoms with E-state index in [1.54, 1.807) is 0 Å². The summed E-state index contributed by atoms with van der Waals surface area (Å²) in [4.78, 5) is 0. The van der Waals surface area contributed by atoms with Crippen molar-refractivity contribution in [3.05, 3.63) is 0 Å². The summed E-state index contributed by atoms with van der Waals surface area (Å²) < 4.78 is 0.